The van der Waals surface area contributed by atoms with Gasteiger partial charge in [0.1, 0.15) is 5.82 Å². The van der Waals surface area contributed by atoms with Crippen LogP contribution in [-0.2, 0) is 26.1 Å². The highest BCUT2D eigenvalue weighted by atomic mass is 16.1. The third kappa shape index (κ3) is 4.89. The average molecular weight is 473 g/mol. The van der Waals surface area contributed by atoms with Crippen LogP contribution in [0.2, 0.25) is 0 Å². The van der Waals surface area contributed by atoms with E-state index in [-0.39, 0.29) is 5.69 Å². The number of tetrazole rings is 1. The lowest BCUT2D eigenvalue weighted by Crippen LogP contribution is -2.26. The molecule has 0 aliphatic rings. The number of imidazole rings is 2. The van der Waals surface area contributed by atoms with Crippen LogP contribution in [0, 0.1) is 5.92 Å². The van der Waals surface area contributed by atoms with E-state index in [1.807, 2.05) is 45.5 Å². The van der Waals surface area contributed by atoms with Crippen molar-refractivity contribution in [2.45, 2.75) is 65.6 Å². The Morgan fingerprint density at radius 3 is 2.34 bits per heavy atom. The Bertz CT molecular complexity index is 1460. The van der Waals surface area contributed by atoms with E-state index in [0.717, 1.165) is 72.4 Å². The van der Waals surface area contributed by atoms with Crippen molar-refractivity contribution < 1.29 is 0 Å². The van der Waals surface area contributed by atoms with Crippen molar-refractivity contribution >= 4 is 22.1 Å². The number of unbranched alkanes of at least 4 members (excludes halogenated alkanes) is 2. The molecule has 5 aromatic rings. The Morgan fingerprint density at radius 1 is 0.857 bits per heavy atom. The lowest BCUT2D eigenvalue weighted by molar-refractivity contribution is 0.505. The van der Waals surface area contributed by atoms with E-state index in [9.17, 15) is 4.79 Å². The molecule has 5 rings (SSSR count). The molecule has 0 radical (unpaired) electrons. The van der Waals surface area contributed by atoms with E-state index in [1.54, 1.807) is 0 Å². The third-order valence-electron chi connectivity index (χ3n) is 6.56. The van der Waals surface area contributed by atoms with Gasteiger partial charge in [-0.05, 0) is 49.4 Å². The number of hydrogen-bond donors (Lipinski definition) is 1. The van der Waals surface area contributed by atoms with Crippen LogP contribution in [-0.4, -0.2) is 39.3 Å². The zero-order chi connectivity index (χ0) is 24.2. The second kappa shape index (κ2) is 10.2. The normalized spacial score (nSPS) is 11.9. The Balaban J connectivity index is 1.40. The first-order chi connectivity index (χ1) is 17.1. The predicted octanol–water partition coefficient (Wildman–Crippen LogP) is 4.17. The molecule has 9 nitrogen and oxygen atoms in total. The highest BCUT2D eigenvalue weighted by Gasteiger charge is 2.17. The van der Waals surface area contributed by atoms with Gasteiger partial charge in [0.05, 0.1) is 28.6 Å². The van der Waals surface area contributed by atoms with Gasteiger partial charge in [-0.1, -0.05) is 49.7 Å². The summed E-state index contributed by atoms with van der Waals surface area (Å²) in [5.41, 5.74) is 4.05. The SMILES string of the molecule is CC(C)CCn1c(Cn2c(=O)n(CCCCCc3nn[nH]n3)c3ccccc32)nc2ccccc21. The first kappa shape index (κ1) is 23.0. The van der Waals surface area contributed by atoms with E-state index in [4.69, 9.17) is 4.98 Å². The van der Waals surface area contributed by atoms with E-state index in [2.05, 4.69) is 51.2 Å². The monoisotopic (exact) mass is 472 g/mol. The molecule has 0 amide bonds. The first-order valence-electron chi connectivity index (χ1n) is 12.5. The van der Waals surface area contributed by atoms with Gasteiger partial charge in [-0.3, -0.25) is 9.13 Å². The van der Waals surface area contributed by atoms with Gasteiger partial charge in [-0.2, -0.15) is 5.21 Å². The number of benzene rings is 2. The number of aromatic nitrogens is 8. The lowest BCUT2D eigenvalue weighted by Gasteiger charge is -2.11. The van der Waals surface area contributed by atoms with Crippen LogP contribution in [0.25, 0.3) is 22.1 Å². The summed E-state index contributed by atoms with van der Waals surface area (Å²) in [6.07, 6.45) is 4.73. The van der Waals surface area contributed by atoms with E-state index < -0.39 is 0 Å². The van der Waals surface area contributed by atoms with Gasteiger partial charge in [0.25, 0.3) is 0 Å². The van der Waals surface area contributed by atoms with Crippen molar-refractivity contribution in [1.82, 2.24) is 39.3 Å². The largest absolute Gasteiger partial charge is 0.329 e. The molecule has 0 atom stereocenters. The van der Waals surface area contributed by atoms with Crippen LogP contribution >= 0.6 is 0 Å². The minimum atomic E-state index is 0.0202. The van der Waals surface area contributed by atoms with E-state index in [1.165, 1.54) is 0 Å². The maximum atomic E-state index is 13.6. The molecule has 182 valence electrons. The molecule has 0 spiro atoms. The Labute approximate surface area is 203 Å². The molecule has 0 fully saturated rings. The number of aryl methyl sites for hydroxylation is 3. The summed E-state index contributed by atoms with van der Waals surface area (Å²) in [7, 11) is 0. The number of fused-ring (bicyclic) bond motifs is 2. The van der Waals surface area contributed by atoms with Gasteiger partial charge >= 0.3 is 5.69 Å². The van der Waals surface area contributed by atoms with E-state index >= 15 is 0 Å². The molecule has 1 N–H and O–H groups in total. The molecular weight excluding hydrogens is 440 g/mol. The topological polar surface area (TPSA) is 99.2 Å². The summed E-state index contributed by atoms with van der Waals surface area (Å²) in [4.78, 5) is 18.5. The quantitative estimate of drug-likeness (QED) is 0.291. The number of nitrogens with one attached hydrogen (secondary N) is 1. The summed E-state index contributed by atoms with van der Waals surface area (Å²) in [6.45, 7) is 6.50. The number of aromatic amines is 1. The maximum Gasteiger partial charge on any atom is 0.329 e. The molecule has 3 heterocycles. The Hall–Kier alpha value is -3.75. The van der Waals surface area contributed by atoms with Gasteiger partial charge < -0.3 is 4.57 Å². The molecule has 35 heavy (non-hydrogen) atoms. The Kier molecular flexibility index (Phi) is 6.74. The lowest BCUT2D eigenvalue weighted by atomic mass is 10.1. The second-order valence-electron chi connectivity index (χ2n) is 9.50. The third-order valence-corrected chi connectivity index (χ3v) is 6.56. The van der Waals surface area contributed by atoms with Crippen molar-refractivity contribution in [1.29, 1.82) is 0 Å². The molecule has 0 aliphatic carbocycles. The summed E-state index contributed by atoms with van der Waals surface area (Å²) in [6, 6.07) is 16.3. The molecule has 0 unspecified atom stereocenters. The van der Waals surface area contributed by atoms with Crippen LogP contribution in [0.1, 0.15) is 51.2 Å². The minimum Gasteiger partial charge on any atom is -0.326 e. The molecular formula is C26H32N8O. The van der Waals surface area contributed by atoms with Gasteiger partial charge in [-0.15, -0.1) is 10.2 Å². The second-order valence-corrected chi connectivity index (χ2v) is 9.50. The smallest absolute Gasteiger partial charge is 0.326 e. The maximum absolute atomic E-state index is 13.6. The molecule has 2 aromatic carbocycles. The molecule has 0 aliphatic heterocycles. The van der Waals surface area contributed by atoms with Crippen LogP contribution < -0.4 is 5.69 Å². The standard InChI is InChI=1S/C26H32N8O/c1-19(2)15-17-32-21-11-6-5-10-20(21)27-25(32)18-34-23-13-8-7-12-22(23)33(26(34)35)16-9-3-4-14-24-28-30-31-29-24/h5-8,10-13,19H,3-4,9,14-18H2,1-2H3,(H,28,29,30,31). The molecule has 9 heteroatoms. The fourth-order valence-corrected chi connectivity index (χ4v) is 4.68. The number of rotatable bonds is 11. The summed E-state index contributed by atoms with van der Waals surface area (Å²) >= 11 is 0. The molecule has 3 aromatic heterocycles. The summed E-state index contributed by atoms with van der Waals surface area (Å²) in [5.74, 6) is 2.25. The minimum absolute atomic E-state index is 0.0202. The van der Waals surface area contributed by atoms with Gasteiger partial charge in [0, 0.05) is 19.5 Å². The van der Waals surface area contributed by atoms with Gasteiger partial charge in [0.15, 0.2) is 5.82 Å². The van der Waals surface area contributed by atoms with Crippen molar-refractivity contribution in [3.63, 3.8) is 0 Å². The number of para-hydroxylation sites is 4. The fraction of sp³-hybridized carbons (Fsp3) is 0.423. The summed E-state index contributed by atoms with van der Waals surface area (Å²) in [5, 5.41) is 14.1. The molecule has 0 saturated carbocycles. The number of hydrogen-bond acceptors (Lipinski definition) is 5. The van der Waals surface area contributed by atoms with Crippen LogP contribution in [0.4, 0.5) is 0 Å². The molecule has 0 bridgehead atoms. The van der Waals surface area contributed by atoms with Crippen LogP contribution in [0.3, 0.4) is 0 Å². The van der Waals surface area contributed by atoms with Crippen molar-refractivity contribution in [2.24, 2.45) is 5.92 Å². The fourth-order valence-electron chi connectivity index (χ4n) is 4.68. The Morgan fingerprint density at radius 2 is 1.60 bits per heavy atom. The molecule has 0 saturated heterocycles. The zero-order valence-electron chi connectivity index (χ0n) is 20.4. The first-order valence-corrected chi connectivity index (χ1v) is 12.5. The van der Waals surface area contributed by atoms with Crippen molar-refractivity contribution in [3.8, 4) is 0 Å². The number of H-pyrrole nitrogens is 1. The van der Waals surface area contributed by atoms with Gasteiger partial charge in [0.2, 0.25) is 0 Å². The highest BCUT2D eigenvalue weighted by Crippen LogP contribution is 2.21. The number of nitrogens with zero attached hydrogens (tertiary/aromatic N) is 7. The van der Waals surface area contributed by atoms with Crippen molar-refractivity contribution in [2.75, 3.05) is 0 Å². The van der Waals surface area contributed by atoms with Crippen LogP contribution in [0.15, 0.2) is 53.3 Å². The summed E-state index contributed by atoms with van der Waals surface area (Å²) < 4.78 is 6.07. The predicted molar refractivity (Wildman–Crippen MR) is 136 cm³/mol. The zero-order valence-corrected chi connectivity index (χ0v) is 20.4. The highest BCUT2D eigenvalue weighted by molar-refractivity contribution is 5.77. The van der Waals surface area contributed by atoms with E-state index in [0.29, 0.717) is 19.0 Å². The average Bonchev–Trinajstić information content (AvgIpc) is 3.56. The van der Waals surface area contributed by atoms with Crippen LogP contribution in [0.5, 0.6) is 0 Å². The van der Waals surface area contributed by atoms with Crippen molar-refractivity contribution in [3.05, 3.63) is 70.7 Å². The van der Waals surface area contributed by atoms with Gasteiger partial charge in [-0.25, -0.2) is 9.78 Å².